The Labute approximate surface area is 90.7 Å². The summed E-state index contributed by atoms with van der Waals surface area (Å²) >= 11 is 3.27. The van der Waals surface area contributed by atoms with Gasteiger partial charge in [-0.15, -0.1) is 0 Å². The lowest BCUT2D eigenvalue weighted by Crippen LogP contribution is -2.13. The first-order valence-electron chi connectivity index (χ1n) is 4.21. The average molecular weight is 261 g/mol. The van der Waals surface area contributed by atoms with E-state index in [1.165, 1.54) is 0 Å². The molecule has 0 amide bonds. The maximum absolute atomic E-state index is 9.66. The van der Waals surface area contributed by atoms with Crippen LogP contribution in [0.4, 0.5) is 5.69 Å². The molecule has 78 valence electrons. The summed E-state index contributed by atoms with van der Waals surface area (Å²) in [5.74, 6) is -0.0136. The number of aromatic hydroxyl groups is 1. The molecule has 1 aromatic rings. The summed E-state index contributed by atoms with van der Waals surface area (Å²) in [7, 11) is 0. The number of nitrogens with two attached hydrogens (primary N) is 2. The fraction of sp³-hybridized carbons (Fsp3) is 0.333. The molecular formula is C9H13BrN2O2. The molecule has 1 rings (SSSR count). The van der Waals surface area contributed by atoms with Gasteiger partial charge in [0.1, 0.15) is 5.75 Å². The van der Waals surface area contributed by atoms with E-state index in [2.05, 4.69) is 15.9 Å². The molecule has 14 heavy (non-hydrogen) atoms. The highest BCUT2D eigenvalue weighted by Gasteiger charge is 2.16. The summed E-state index contributed by atoms with van der Waals surface area (Å²) in [6, 6.07) is 2.90. The Kier molecular flexibility index (Phi) is 3.74. The van der Waals surface area contributed by atoms with Crippen molar-refractivity contribution in [2.75, 3.05) is 12.3 Å². The van der Waals surface area contributed by atoms with Gasteiger partial charge < -0.3 is 21.7 Å². The number of anilines is 1. The lowest BCUT2D eigenvalue weighted by molar-refractivity contribution is 0.275. The van der Waals surface area contributed by atoms with E-state index in [1.807, 2.05) is 0 Å². The van der Waals surface area contributed by atoms with Crippen LogP contribution in [0.25, 0.3) is 0 Å². The second kappa shape index (κ2) is 4.63. The first-order chi connectivity index (χ1) is 6.57. The summed E-state index contributed by atoms with van der Waals surface area (Å²) in [4.78, 5) is 0. The Balaban J connectivity index is 3.11. The molecule has 0 heterocycles. The summed E-state index contributed by atoms with van der Waals surface area (Å²) in [6.07, 6.45) is 0.385. The molecule has 0 saturated carbocycles. The molecule has 0 spiro atoms. The minimum atomic E-state index is -0.419. The smallest absolute Gasteiger partial charge is 0.144 e. The van der Waals surface area contributed by atoms with E-state index in [9.17, 15) is 5.11 Å². The SMILES string of the molecule is Nc1ccc(Br)c([C@H](N)CCO)c1O. The average Bonchev–Trinajstić information content (AvgIpc) is 2.13. The minimum Gasteiger partial charge on any atom is -0.505 e. The molecule has 0 aliphatic carbocycles. The number of rotatable bonds is 3. The number of benzene rings is 1. The number of nitrogen functional groups attached to an aromatic ring is 1. The molecule has 0 bridgehead atoms. The van der Waals surface area contributed by atoms with Gasteiger partial charge in [0, 0.05) is 22.7 Å². The van der Waals surface area contributed by atoms with Gasteiger partial charge in [0.05, 0.1) is 5.69 Å². The lowest BCUT2D eigenvalue weighted by Gasteiger charge is -2.15. The van der Waals surface area contributed by atoms with Crippen LogP contribution in [0.1, 0.15) is 18.0 Å². The Hall–Kier alpha value is -0.780. The monoisotopic (exact) mass is 260 g/mol. The van der Waals surface area contributed by atoms with Gasteiger partial charge in [0.2, 0.25) is 0 Å². The molecule has 1 atom stereocenters. The Morgan fingerprint density at radius 3 is 2.64 bits per heavy atom. The summed E-state index contributed by atoms with van der Waals surface area (Å²) in [5.41, 5.74) is 12.1. The van der Waals surface area contributed by atoms with Crippen LogP contribution < -0.4 is 11.5 Å². The van der Waals surface area contributed by atoms with Crippen LogP contribution in [0.5, 0.6) is 5.75 Å². The first-order valence-corrected chi connectivity index (χ1v) is 5.00. The molecule has 0 radical (unpaired) electrons. The third-order valence-electron chi connectivity index (χ3n) is 2.01. The summed E-state index contributed by atoms with van der Waals surface area (Å²) in [6.45, 7) is -0.0259. The Morgan fingerprint density at radius 1 is 1.43 bits per heavy atom. The second-order valence-corrected chi connectivity index (χ2v) is 3.87. The van der Waals surface area contributed by atoms with Gasteiger partial charge in [-0.3, -0.25) is 0 Å². The van der Waals surface area contributed by atoms with E-state index in [0.717, 1.165) is 0 Å². The van der Waals surface area contributed by atoms with Crippen LogP contribution in [0.15, 0.2) is 16.6 Å². The Morgan fingerprint density at radius 2 is 2.07 bits per heavy atom. The number of hydrogen-bond acceptors (Lipinski definition) is 4. The number of hydrogen-bond donors (Lipinski definition) is 4. The van der Waals surface area contributed by atoms with E-state index in [1.54, 1.807) is 12.1 Å². The highest BCUT2D eigenvalue weighted by atomic mass is 79.9. The van der Waals surface area contributed by atoms with Crippen LogP contribution in [0.3, 0.4) is 0 Å². The van der Waals surface area contributed by atoms with Crippen molar-refractivity contribution < 1.29 is 10.2 Å². The van der Waals surface area contributed by atoms with Crippen molar-refractivity contribution in [2.24, 2.45) is 5.73 Å². The molecule has 0 aromatic heterocycles. The quantitative estimate of drug-likeness (QED) is 0.484. The summed E-state index contributed by atoms with van der Waals surface area (Å²) in [5, 5.41) is 18.4. The van der Waals surface area contributed by atoms with E-state index in [-0.39, 0.29) is 18.0 Å². The number of phenols is 1. The maximum atomic E-state index is 9.66. The molecule has 1 aromatic carbocycles. The van der Waals surface area contributed by atoms with Gasteiger partial charge >= 0.3 is 0 Å². The second-order valence-electron chi connectivity index (χ2n) is 3.02. The summed E-state index contributed by atoms with van der Waals surface area (Å²) < 4.78 is 0.699. The fourth-order valence-electron chi connectivity index (χ4n) is 1.24. The van der Waals surface area contributed by atoms with Gasteiger partial charge in [-0.1, -0.05) is 15.9 Å². The van der Waals surface area contributed by atoms with Crippen molar-refractivity contribution in [2.45, 2.75) is 12.5 Å². The number of phenolic OH excluding ortho intramolecular Hbond substituents is 1. The van der Waals surface area contributed by atoms with Crippen LogP contribution in [-0.2, 0) is 0 Å². The first kappa shape index (κ1) is 11.3. The predicted octanol–water partition coefficient (Wildman–Crippen LogP) is 1.12. The predicted molar refractivity (Wildman–Crippen MR) is 58.9 cm³/mol. The van der Waals surface area contributed by atoms with Gasteiger partial charge in [-0.25, -0.2) is 0 Å². The normalized spacial score (nSPS) is 12.8. The standard InChI is InChI=1S/C9H13BrN2O2/c10-5-1-2-7(12)9(14)8(5)6(11)3-4-13/h1-2,6,13-14H,3-4,11-12H2/t6-/m1/s1. The van der Waals surface area contributed by atoms with Crippen molar-refractivity contribution in [1.29, 1.82) is 0 Å². The zero-order chi connectivity index (χ0) is 10.7. The molecular weight excluding hydrogens is 248 g/mol. The molecule has 0 unspecified atom stereocenters. The number of halogens is 1. The molecule has 0 aliphatic rings. The molecule has 0 saturated heterocycles. The molecule has 4 nitrogen and oxygen atoms in total. The van der Waals surface area contributed by atoms with Crippen molar-refractivity contribution in [3.8, 4) is 5.75 Å². The van der Waals surface area contributed by atoms with Gasteiger partial charge in [-0.2, -0.15) is 0 Å². The van der Waals surface area contributed by atoms with Gasteiger partial charge in [-0.05, 0) is 18.6 Å². The zero-order valence-corrected chi connectivity index (χ0v) is 9.16. The maximum Gasteiger partial charge on any atom is 0.144 e. The van der Waals surface area contributed by atoms with E-state index >= 15 is 0 Å². The largest absolute Gasteiger partial charge is 0.505 e. The van der Waals surface area contributed by atoms with Crippen molar-refractivity contribution in [1.82, 2.24) is 0 Å². The van der Waals surface area contributed by atoms with Crippen molar-refractivity contribution in [3.63, 3.8) is 0 Å². The van der Waals surface area contributed by atoms with Gasteiger partial charge in [0.15, 0.2) is 0 Å². The highest BCUT2D eigenvalue weighted by molar-refractivity contribution is 9.10. The Bertz CT molecular complexity index is 331. The molecule has 5 heteroatoms. The number of aliphatic hydroxyl groups excluding tert-OH is 1. The van der Waals surface area contributed by atoms with E-state index in [4.69, 9.17) is 16.6 Å². The third-order valence-corrected chi connectivity index (χ3v) is 2.70. The lowest BCUT2D eigenvalue weighted by atomic mass is 10.0. The molecule has 0 fully saturated rings. The van der Waals surface area contributed by atoms with Crippen LogP contribution in [-0.4, -0.2) is 16.8 Å². The van der Waals surface area contributed by atoms with E-state index < -0.39 is 6.04 Å². The minimum absolute atomic E-state index is 0.0136. The topological polar surface area (TPSA) is 92.5 Å². The van der Waals surface area contributed by atoms with Crippen molar-refractivity contribution in [3.05, 3.63) is 22.2 Å². The zero-order valence-electron chi connectivity index (χ0n) is 7.57. The van der Waals surface area contributed by atoms with Crippen LogP contribution in [0, 0.1) is 0 Å². The van der Waals surface area contributed by atoms with Crippen LogP contribution >= 0.6 is 15.9 Å². The number of aliphatic hydroxyl groups is 1. The molecule has 6 N–H and O–H groups in total. The fourth-order valence-corrected chi connectivity index (χ4v) is 1.85. The molecule has 0 aliphatic heterocycles. The van der Waals surface area contributed by atoms with Crippen molar-refractivity contribution >= 4 is 21.6 Å². The third kappa shape index (κ3) is 2.17. The van der Waals surface area contributed by atoms with E-state index in [0.29, 0.717) is 16.5 Å². The van der Waals surface area contributed by atoms with Crippen LogP contribution in [0.2, 0.25) is 0 Å². The van der Waals surface area contributed by atoms with Gasteiger partial charge in [0.25, 0.3) is 0 Å². The highest BCUT2D eigenvalue weighted by Crippen LogP contribution is 2.36.